The van der Waals surface area contributed by atoms with E-state index in [1.807, 2.05) is 61.5 Å². The van der Waals surface area contributed by atoms with E-state index in [0.717, 1.165) is 10.5 Å². The van der Waals surface area contributed by atoms with Crippen LogP contribution in [0.4, 0.5) is 11.4 Å². The van der Waals surface area contributed by atoms with Crippen molar-refractivity contribution in [1.82, 2.24) is 0 Å². The van der Waals surface area contributed by atoms with Crippen LogP contribution in [0.2, 0.25) is 10.0 Å². The summed E-state index contributed by atoms with van der Waals surface area (Å²) < 4.78 is 0. The molecule has 3 aromatic rings. The second-order valence-electron chi connectivity index (χ2n) is 6.61. The van der Waals surface area contributed by atoms with Gasteiger partial charge < -0.3 is 10.6 Å². The van der Waals surface area contributed by atoms with Crippen molar-refractivity contribution >= 4 is 58.2 Å². The lowest BCUT2D eigenvalue weighted by Gasteiger charge is -2.13. The lowest BCUT2D eigenvalue weighted by molar-refractivity contribution is -0.116. The minimum atomic E-state index is -0.349. The van der Waals surface area contributed by atoms with E-state index in [0.29, 0.717) is 27.8 Å². The summed E-state index contributed by atoms with van der Waals surface area (Å²) in [6.07, 6.45) is 0.320. The van der Waals surface area contributed by atoms with Crippen molar-refractivity contribution in [3.8, 4) is 0 Å². The molecule has 154 valence electrons. The third kappa shape index (κ3) is 6.52. The molecule has 0 heterocycles. The van der Waals surface area contributed by atoms with Gasteiger partial charge in [0, 0.05) is 15.6 Å². The highest BCUT2D eigenvalue weighted by Crippen LogP contribution is 2.29. The van der Waals surface area contributed by atoms with Crippen molar-refractivity contribution < 1.29 is 9.59 Å². The number of hydrogen-bond donors (Lipinski definition) is 2. The number of halogens is 2. The van der Waals surface area contributed by atoms with Crippen LogP contribution in [0.1, 0.15) is 12.5 Å². The molecule has 0 saturated carbocycles. The van der Waals surface area contributed by atoms with Crippen LogP contribution < -0.4 is 10.6 Å². The van der Waals surface area contributed by atoms with Gasteiger partial charge in [0.05, 0.1) is 22.4 Å². The Morgan fingerprint density at radius 1 is 0.933 bits per heavy atom. The van der Waals surface area contributed by atoms with Crippen molar-refractivity contribution in [2.45, 2.75) is 23.5 Å². The van der Waals surface area contributed by atoms with E-state index in [2.05, 4.69) is 10.6 Å². The lowest BCUT2D eigenvalue weighted by Crippen LogP contribution is -2.22. The fraction of sp³-hybridized carbons (Fsp3) is 0.130. The molecule has 3 aromatic carbocycles. The third-order valence-corrected chi connectivity index (χ3v) is 5.89. The van der Waals surface area contributed by atoms with Gasteiger partial charge in [0.15, 0.2) is 0 Å². The molecule has 2 amide bonds. The van der Waals surface area contributed by atoms with Crippen LogP contribution in [0.3, 0.4) is 0 Å². The molecule has 0 saturated heterocycles. The van der Waals surface area contributed by atoms with Gasteiger partial charge in [-0.05, 0) is 55.0 Å². The first-order valence-corrected chi connectivity index (χ1v) is 10.9. The first-order chi connectivity index (χ1) is 14.4. The van der Waals surface area contributed by atoms with Gasteiger partial charge >= 0.3 is 0 Å². The molecule has 0 aliphatic heterocycles. The summed E-state index contributed by atoms with van der Waals surface area (Å²) in [5, 5.41) is 6.26. The van der Waals surface area contributed by atoms with Gasteiger partial charge in [0.1, 0.15) is 0 Å². The predicted octanol–water partition coefficient (Wildman–Crippen LogP) is 6.29. The molecule has 0 aromatic heterocycles. The minimum Gasteiger partial charge on any atom is -0.326 e. The molecule has 7 heteroatoms. The van der Waals surface area contributed by atoms with Crippen LogP contribution in [-0.4, -0.2) is 17.1 Å². The largest absolute Gasteiger partial charge is 0.326 e. The van der Waals surface area contributed by atoms with Gasteiger partial charge in [-0.15, -0.1) is 11.8 Å². The summed E-state index contributed by atoms with van der Waals surface area (Å²) in [5.41, 5.74) is 2.16. The lowest BCUT2D eigenvalue weighted by atomic mass is 10.1. The van der Waals surface area contributed by atoms with Crippen LogP contribution in [0.25, 0.3) is 0 Å². The number of thioether (sulfide) groups is 1. The van der Waals surface area contributed by atoms with Gasteiger partial charge in [-0.1, -0.05) is 53.5 Å². The van der Waals surface area contributed by atoms with Crippen LogP contribution in [-0.2, 0) is 16.0 Å². The molecular formula is C23H20Cl2N2O2S. The zero-order valence-corrected chi connectivity index (χ0v) is 18.5. The van der Waals surface area contributed by atoms with Crippen LogP contribution >= 0.6 is 35.0 Å². The average Bonchev–Trinajstić information content (AvgIpc) is 2.72. The fourth-order valence-corrected chi connectivity index (χ4v) is 3.89. The highest BCUT2D eigenvalue weighted by molar-refractivity contribution is 8.00. The molecule has 0 aliphatic rings. The van der Waals surface area contributed by atoms with E-state index in [1.54, 1.807) is 18.2 Å². The molecule has 1 atom stereocenters. The Bertz CT molecular complexity index is 1030. The number of carbonyl (C=O) groups is 2. The zero-order valence-electron chi connectivity index (χ0n) is 16.2. The Balaban J connectivity index is 1.53. The van der Waals surface area contributed by atoms with E-state index < -0.39 is 0 Å². The van der Waals surface area contributed by atoms with Gasteiger partial charge in [0.2, 0.25) is 11.8 Å². The Hall–Kier alpha value is -2.47. The summed E-state index contributed by atoms with van der Waals surface area (Å²) in [4.78, 5) is 25.6. The van der Waals surface area contributed by atoms with Gasteiger partial charge in [0.25, 0.3) is 0 Å². The second kappa shape index (κ2) is 10.5. The Labute approximate surface area is 190 Å². The summed E-state index contributed by atoms with van der Waals surface area (Å²) in [7, 11) is 0. The third-order valence-electron chi connectivity index (χ3n) is 4.21. The molecule has 2 N–H and O–H groups in total. The van der Waals surface area contributed by atoms with Gasteiger partial charge in [-0.3, -0.25) is 9.59 Å². The van der Waals surface area contributed by atoms with E-state index in [1.165, 1.54) is 11.8 Å². The summed E-state index contributed by atoms with van der Waals surface area (Å²) in [6, 6.07) is 21.9. The molecule has 0 fully saturated rings. The quantitative estimate of drug-likeness (QED) is 0.408. The van der Waals surface area contributed by atoms with Gasteiger partial charge in [-0.25, -0.2) is 0 Å². The number of anilines is 2. The maximum atomic E-state index is 12.5. The van der Waals surface area contributed by atoms with Crippen LogP contribution in [0.15, 0.2) is 77.7 Å². The summed E-state index contributed by atoms with van der Waals surface area (Å²) >= 11 is 13.5. The highest BCUT2D eigenvalue weighted by atomic mass is 35.5. The summed E-state index contributed by atoms with van der Waals surface area (Å²) in [5.74, 6) is -0.253. The molecule has 0 radical (unpaired) electrons. The molecule has 0 bridgehead atoms. The summed E-state index contributed by atoms with van der Waals surface area (Å²) in [6.45, 7) is 1.81. The highest BCUT2D eigenvalue weighted by Gasteiger charge is 2.16. The number of hydrogen-bond acceptors (Lipinski definition) is 3. The van der Waals surface area contributed by atoms with Crippen molar-refractivity contribution in [3.05, 3.63) is 88.4 Å². The first kappa shape index (κ1) is 22.2. The predicted molar refractivity (Wildman–Crippen MR) is 126 cm³/mol. The Morgan fingerprint density at radius 3 is 2.33 bits per heavy atom. The monoisotopic (exact) mass is 458 g/mol. The van der Waals surface area contributed by atoms with E-state index >= 15 is 0 Å². The molecule has 1 unspecified atom stereocenters. The Kier molecular flexibility index (Phi) is 7.80. The molecule has 30 heavy (non-hydrogen) atoms. The topological polar surface area (TPSA) is 58.2 Å². The molecule has 0 aliphatic carbocycles. The Morgan fingerprint density at radius 2 is 1.63 bits per heavy atom. The van der Waals surface area contributed by atoms with Crippen molar-refractivity contribution in [1.29, 1.82) is 0 Å². The van der Waals surface area contributed by atoms with Crippen molar-refractivity contribution in [3.63, 3.8) is 0 Å². The number of carbonyl (C=O) groups excluding carboxylic acids is 2. The minimum absolute atomic E-state index is 0.0762. The van der Waals surface area contributed by atoms with Crippen LogP contribution in [0.5, 0.6) is 0 Å². The fourth-order valence-electron chi connectivity index (χ4n) is 2.69. The molecular weight excluding hydrogens is 439 g/mol. The van der Waals surface area contributed by atoms with E-state index in [4.69, 9.17) is 23.2 Å². The average molecular weight is 459 g/mol. The molecule has 4 nitrogen and oxygen atoms in total. The van der Waals surface area contributed by atoms with Crippen molar-refractivity contribution in [2.75, 3.05) is 10.6 Å². The number of rotatable bonds is 7. The molecule has 0 spiro atoms. The number of nitrogens with one attached hydrogen (secondary N) is 2. The smallest absolute Gasteiger partial charge is 0.237 e. The number of amides is 2. The number of benzene rings is 3. The van der Waals surface area contributed by atoms with E-state index in [9.17, 15) is 9.59 Å². The zero-order chi connectivity index (χ0) is 21.5. The standard InChI is InChI=1S/C23H20Cl2N2O2S/c1-15(23(29)27-21-14-17(24)7-12-20(21)25)30-19-10-8-18(9-11-19)26-22(28)13-16-5-3-2-4-6-16/h2-12,14-15H,13H2,1H3,(H,26,28)(H,27,29). The first-order valence-electron chi connectivity index (χ1n) is 9.27. The maximum Gasteiger partial charge on any atom is 0.237 e. The van der Waals surface area contributed by atoms with Gasteiger partial charge in [-0.2, -0.15) is 0 Å². The maximum absolute atomic E-state index is 12.5. The SMILES string of the molecule is CC(Sc1ccc(NC(=O)Cc2ccccc2)cc1)C(=O)Nc1cc(Cl)ccc1Cl. The van der Waals surface area contributed by atoms with E-state index in [-0.39, 0.29) is 17.1 Å². The van der Waals surface area contributed by atoms with Crippen LogP contribution in [0, 0.1) is 0 Å². The normalized spacial score (nSPS) is 11.6. The van der Waals surface area contributed by atoms with Crippen molar-refractivity contribution in [2.24, 2.45) is 0 Å². The second-order valence-corrected chi connectivity index (χ2v) is 8.87. The molecule has 3 rings (SSSR count).